The lowest BCUT2D eigenvalue weighted by Gasteiger charge is -2.34. The standard InChI is InChI=1S/C28H28N6O/c1-17-4-3-11-34(16-17)25-8-7-22(12-18(25)2)31-27-26-20(9-10-29-28(26)35)14-23(32-27)19-5-6-21-15-30-33-24(21)13-19/h5-10,12-15,17H,3-4,11,16H2,1-2H3,(H,29,35)(H,30,33)(H,31,32)/t17-/m0/s1. The average Bonchev–Trinajstić information content (AvgIpc) is 3.32. The molecule has 0 aliphatic carbocycles. The quantitative estimate of drug-likeness (QED) is 0.315. The number of benzene rings is 2. The normalized spacial score (nSPS) is 16.2. The van der Waals surface area contributed by atoms with Gasteiger partial charge in [-0.2, -0.15) is 5.10 Å². The number of nitrogens with zero attached hydrogens (tertiary/aromatic N) is 3. The third-order valence-corrected chi connectivity index (χ3v) is 6.95. The summed E-state index contributed by atoms with van der Waals surface area (Å²) in [6.07, 6.45) is 6.01. The molecule has 1 aliphatic heterocycles. The molecular formula is C28H28N6O. The number of hydrogen-bond acceptors (Lipinski definition) is 5. The summed E-state index contributed by atoms with van der Waals surface area (Å²) in [5, 5.41) is 13.0. The fourth-order valence-corrected chi connectivity index (χ4v) is 5.18. The van der Waals surface area contributed by atoms with Crippen molar-refractivity contribution in [1.29, 1.82) is 0 Å². The van der Waals surface area contributed by atoms with E-state index in [1.165, 1.54) is 24.1 Å². The van der Waals surface area contributed by atoms with Gasteiger partial charge in [-0.3, -0.25) is 9.89 Å². The second-order valence-electron chi connectivity index (χ2n) is 9.62. The van der Waals surface area contributed by atoms with E-state index in [9.17, 15) is 4.79 Å². The highest BCUT2D eigenvalue weighted by Gasteiger charge is 2.18. The number of aromatic amines is 2. The van der Waals surface area contributed by atoms with Crippen molar-refractivity contribution in [1.82, 2.24) is 20.2 Å². The number of aryl methyl sites for hydroxylation is 1. The Labute approximate surface area is 203 Å². The van der Waals surface area contributed by atoms with E-state index in [4.69, 9.17) is 4.98 Å². The summed E-state index contributed by atoms with van der Waals surface area (Å²) in [4.78, 5) is 23.0. The van der Waals surface area contributed by atoms with E-state index in [-0.39, 0.29) is 5.56 Å². The first kappa shape index (κ1) is 21.4. The van der Waals surface area contributed by atoms with Crippen molar-refractivity contribution in [3.05, 3.63) is 76.8 Å². The van der Waals surface area contributed by atoms with Gasteiger partial charge in [0, 0.05) is 41.6 Å². The Morgan fingerprint density at radius 1 is 1.09 bits per heavy atom. The minimum absolute atomic E-state index is 0.163. The van der Waals surface area contributed by atoms with E-state index in [1.807, 2.05) is 30.3 Å². The summed E-state index contributed by atoms with van der Waals surface area (Å²) >= 11 is 0. The lowest BCUT2D eigenvalue weighted by molar-refractivity contribution is 0.446. The summed E-state index contributed by atoms with van der Waals surface area (Å²) in [6, 6.07) is 16.4. The predicted molar refractivity (Wildman–Crippen MR) is 143 cm³/mol. The third-order valence-electron chi connectivity index (χ3n) is 6.95. The monoisotopic (exact) mass is 464 g/mol. The van der Waals surface area contributed by atoms with Crippen LogP contribution >= 0.6 is 0 Å². The summed E-state index contributed by atoms with van der Waals surface area (Å²) in [5.41, 5.74) is 5.93. The van der Waals surface area contributed by atoms with Crippen molar-refractivity contribution in [2.45, 2.75) is 26.7 Å². The first-order chi connectivity index (χ1) is 17.0. The topological polar surface area (TPSA) is 89.7 Å². The minimum Gasteiger partial charge on any atom is -0.371 e. The van der Waals surface area contributed by atoms with E-state index in [0.29, 0.717) is 17.1 Å². The number of fused-ring (bicyclic) bond motifs is 2. The molecule has 0 amide bonds. The molecule has 1 aliphatic rings. The highest BCUT2D eigenvalue weighted by Crippen LogP contribution is 2.32. The molecule has 2 aromatic carbocycles. The maximum atomic E-state index is 12.8. The molecule has 0 bridgehead atoms. The number of hydrogen-bond donors (Lipinski definition) is 3. The van der Waals surface area contributed by atoms with Crippen LogP contribution in [-0.2, 0) is 0 Å². The van der Waals surface area contributed by atoms with Gasteiger partial charge in [0.25, 0.3) is 5.56 Å². The van der Waals surface area contributed by atoms with Crippen LogP contribution < -0.4 is 15.8 Å². The van der Waals surface area contributed by atoms with Crippen molar-refractivity contribution in [3.8, 4) is 11.3 Å². The highest BCUT2D eigenvalue weighted by molar-refractivity contribution is 5.96. The molecule has 7 heteroatoms. The number of pyridine rings is 2. The van der Waals surface area contributed by atoms with Crippen molar-refractivity contribution < 1.29 is 0 Å². The van der Waals surface area contributed by atoms with E-state index >= 15 is 0 Å². The lowest BCUT2D eigenvalue weighted by Crippen LogP contribution is -2.34. The van der Waals surface area contributed by atoms with Gasteiger partial charge in [0.15, 0.2) is 0 Å². The lowest BCUT2D eigenvalue weighted by atomic mass is 9.99. The van der Waals surface area contributed by atoms with Crippen molar-refractivity contribution in [2.75, 3.05) is 23.3 Å². The van der Waals surface area contributed by atoms with Crippen LogP contribution in [0.15, 0.2) is 65.7 Å². The third kappa shape index (κ3) is 4.03. The van der Waals surface area contributed by atoms with Gasteiger partial charge in [0.05, 0.1) is 22.8 Å². The Balaban J connectivity index is 1.40. The molecule has 176 valence electrons. The van der Waals surface area contributed by atoms with Gasteiger partial charge in [-0.25, -0.2) is 4.98 Å². The van der Waals surface area contributed by atoms with Crippen LogP contribution in [0.1, 0.15) is 25.3 Å². The Hall–Kier alpha value is -4.13. The Bertz CT molecular complexity index is 1600. The van der Waals surface area contributed by atoms with Gasteiger partial charge >= 0.3 is 0 Å². The van der Waals surface area contributed by atoms with Gasteiger partial charge in [0.2, 0.25) is 0 Å². The number of rotatable bonds is 4. The smallest absolute Gasteiger partial charge is 0.259 e. The zero-order valence-corrected chi connectivity index (χ0v) is 19.9. The molecule has 0 saturated carbocycles. The second-order valence-corrected chi connectivity index (χ2v) is 9.62. The molecule has 3 aromatic heterocycles. The fraction of sp³-hybridized carbons (Fsp3) is 0.250. The predicted octanol–water partition coefficient (Wildman–Crippen LogP) is 5.75. The largest absolute Gasteiger partial charge is 0.371 e. The Morgan fingerprint density at radius 2 is 2.00 bits per heavy atom. The van der Waals surface area contributed by atoms with Gasteiger partial charge in [-0.05, 0) is 73.0 Å². The van der Waals surface area contributed by atoms with Gasteiger partial charge in [-0.1, -0.05) is 19.1 Å². The van der Waals surface area contributed by atoms with Gasteiger partial charge in [0.1, 0.15) is 5.82 Å². The molecular weight excluding hydrogens is 436 g/mol. The van der Waals surface area contributed by atoms with Crippen LogP contribution in [-0.4, -0.2) is 33.3 Å². The Morgan fingerprint density at radius 3 is 2.86 bits per heavy atom. The summed E-state index contributed by atoms with van der Waals surface area (Å²) in [7, 11) is 0. The summed E-state index contributed by atoms with van der Waals surface area (Å²) in [6.45, 7) is 6.66. The van der Waals surface area contributed by atoms with E-state index in [2.05, 4.69) is 57.4 Å². The molecule has 0 radical (unpaired) electrons. The number of aromatic nitrogens is 4. The second kappa shape index (κ2) is 8.58. The van der Waals surface area contributed by atoms with Crippen LogP contribution in [0.25, 0.3) is 32.9 Å². The van der Waals surface area contributed by atoms with Crippen LogP contribution in [0.5, 0.6) is 0 Å². The van der Waals surface area contributed by atoms with Crippen molar-refractivity contribution in [2.24, 2.45) is 5.92 Å². The molecule has 5 aromatic rings. The molecule has 1 atom stereocenters. The Kier molecular flexibility index (Phi) is 5.25. The molecule has 1 fully saturated rings. The number of piperidine rings is 1. The fourth-order valence-electron chi connectivity index (χ4n) is 5.18. The maximum absolute atomic E-state index is 12.8. The van der Waals surface area contributed by atoms with Crippen LogP contribution in [0.2, 0.25) is 0 Å². The molecule has 3 N–H and O–H groups in total. The number of anilines is 3. The SMILES string of the molecule is Cc1cc(Nc2nc(-c3ccc4cn[nH]c4c3)cc3cc[nH]c(=O)c23)ccc1N1CCC[C@H](C)C1. The molecule has 0 spiro atoms. The molecule has 7 nitrogen and oxygen atoms in total. The first-order valence-electron chi connectivity index (χ1n) is 12.1. The molecule has 4 heterocycles. The zero-order chi connectivity index (χ0) is 23.9. The maximum Gasteiger partial charge on any atom is 0.259 e. The van der Waals surface area contributed by atoms with Crippen LogP contribution in [0.4, 0.5) is 17.2 Å². The van der Waals surface area contributed by atoms with E-state index in [1.54, 1.807) is 12.4 Å². The molecule has 6 rings (SSSR count). The van der Waals surface area contributed by atoms with Crippen molar-refractivity contribution in [3.63, 3.8) is 0 Å². The van der Waals surface area contributed by atoms with Crippen LogP contribution in [0, 0.1) is 12.8 Å². The van der Waals surface area contributed by atoms with E-state index in [0.717, 1.165) is 46.3 Å². The van der Waals surface area contributed by atoms with E-state index < -0.39 is 0 Å². The van der Waals surface area contributed by atoms with Crippen LogP contribution in [0.3, 0.4) is 0 Å². The molecule has 0 unspecified atom stereocenters. The number of H-pyrrole nitrogens is 2. The highest BCUT2D eigenvalue weighted by atomic mass is 16.1. The van der Waals surface area contributed by atoms with Crippen molar-refractivity contribution >= 4 is 38.9 Å². The zero-order valence-electron chi connectivity index (χ0n) is 19.9. The average molecular weight is 465 g/mol. The molecule has 35 heavy (non-hydrogen) atoms. The summed E-state index contributed by atoms with van der Waals surface area (Å²) < 4.78 is 0. The molecule has 1 saturated heterocycles. The first-order valence-corrected chi connectivity index (χ1v) is 12.1. The van der Waals surface area contributed by atoms with Gasteiger partial charge < -0.3 is 15.2 Å². The number of nitrogens with one attached hydrogen (secondary N) is 3. The van der Waals surface area contributed by atoms with Gasteiger partial charge in [-0.15, -0.1) is 0 Å². The minimum atomic E-state index is -0.163. The summed E-state index contributed by atoms with van der Waals surface area (Å²) in [5.74, 6) is 1.26.